The van der Waals surface area contributed by atoms with Gasteiger partial charge in [-0.05, 0) is 63.2 Å². The van der Waals surface area contributed by atoms with Crippen molar-refractivity contribution < 1.29 is 61.9 Å². The maximum absolute atomic E-state index is 11.4. The van der Waals surface area contributed by atoms with E-state index in [-0.39, 0.29) is 70.7 Å². The Labute approximate surface area is 572 Å². The average Bonchev–Trinajstić information content (AvgIpc) is 2.11. The Morgan fingerprint density at radius 3 is 1.20 bits per heavy atom. The summed E-state index contributed by atoms with van der Waals surface area (Å²) in [5.74, 6) is 15.5. The summed E-state index contributed by atoms with van der Waals surface area (Å²) in [6, 6.07) is 0. The minimum atomic E-state index is -2.24. The molecule has 1 amide bonds. The first-order chi connectivity index (χ1) is 42.7. The largest absolute Gasteiger partial charge is 0.390 e. The van der Waals surface area contributed by atoms with Crippen molar-refractivity contribution in [3.8, 4) is 24.2 Å². The Morgan fingerprint density at radius 1 is 0.548 bits per heavy atom. The topological polar surface area (TPSA) is 222 Å². The Kier molecular flexibility index (Phi) is 62.6. The van der Waals surface area contributed by atoms with E-state index in [2.05, 4.69) is 42.9 Å². The molecule has 544 valence electrons. The highest BCUT2D eigenvalue weighted by molar-refractivity contribution is 7.92. The molecule has 1 N–H and O–H groups in total. The number of hydrogen-bond donors (Lipinski definition) is 1. The molecule has 4 unspecified atom stereocenters. The molecule has 93 heavy (non-hydrogen) atoms. The SMILES string of the molecule is C#CCCC(=O)C(C)C.CC#CCCC(=O)C(C)C.CC(C)C(=O)CC1CCC1.CC(C)C(=O)CC1CCCC1C.CC(C)C(=O)CC1COC1.CC(C)C(=O)CCC(C)(C)O.CC(C)C(=O)N=S(C)(C)=O.CCC(C)CC(=O)C(C)C.COCC(C)CC(=O)C(C)C. The predicted octanol–water partition coefficient (Wildman–Crippen LogP) is 17.5. The van der Waals surface area contributed by atoms with E-state index in [0.717, 1.165) is 57.2 Å². The van der Waals surface area contributed by atoms with Crippen LogP contribution in [0.5, 0.6) is 0 Å². The first-order valence-electron chi connectivity index (χ1n) is 35.2. The monoisotopic (exact) mass is 1330 g/mol. The lowest BCUT2D eigenvalue weighted by atomic mass is 9.80. The van der Waals surface area contributed by atoms with Gasteiger partial charge in [-0.15, -0.1) is 24.2 Å². The standard InChI is InChI=1S/C11H20O.2C9H18O2.C9H16O.C9H18O.C9H14O.C8H14O2.C8H12O.C6H13NO2S/c1-8(2)11(12)7-10-6-4-5-9(10)3;1-7(2)9(10)5-8(3)6-11-4;1-7(2)8(10)5-6-9(3,4)11;1-7(2)9(10)6-8-4-3-5-8;1-5-8(4)6-9(10)7(2)3;1-4-5-6-7-9(10)8(2)3;1-6(2)8(9)3-7-4-10-5-7;1-4-5-6-8(9)7(2)3;1-5(2)6(8)7-10(3,4)9/h8-10H,4-7H2,1-3H3;7-8H,5-6H2,1-4H3;7,11H,5-6H2,1-4H3;7-8H,3-6H2,1-2H3;7-8H,5-6H2,1-4H3;8H,6-7H2,1-3H3;6-7H,3-5H2,1-2H3;1,7H,5-6H2,2-3H3;5H,1-4H3. The third-order valence-corrected chi connectivity index (χ3v) is 16.4. The van der Waals surface area contributed by atoms with Crippen LogP contribution in [-0.2, 0) is 62.4 Å². The van der Waals surface area contributed by atoms with Crippen LogP contribution in [0.1, 0.15) is 289 Å². The third-order valence-electron chi connectivity index (χ3n) is 15.8. The van der Waals surface area contributed by atoms with Crippen molar-refractivity contribution >= 4 is 61.9 Å². The first kappa shape index (κ1) is 100. The summed E-state index contributed by atoms with van der Waals surface area (Å²) in [5.41, 5.74) is -0.704. The molecular formula is C78H143NO13S. The number of ether oxygens (including phenoxy) is 2. The van der Waals surface area contributed by atoms with E-state index >= 15 is 0 Å². The van der Waals surface area contributed by atoms with E-state index in [1.54, 1.807) is 41.7 Å². The van der Waals surface area contributed by atoms with Crippen LogP contribution in [0.2, 0.25) is 0 Å². The van der Waals surface area contributed by atoms with Gasteiger partial charge in [-0.25, -0.2) is 4.21 Å². The van der Waals surface area contributed by atoms with E-state index in [9.17, 15) is 52.5 Å². The van der Waals surface area contributed by atoms with E-state index in [4.69, 9.17) is 15.9 Å². The molecule has 0 bridgehead atoms. The molecule has 3 fully saturated rings. The number of ketones is 8. The molecule has 0 aromatic carbocycles. The van der Waals surface area contributed by atoms with Crippen LogP contribution < -0.4 is 0 Å². The number of amides is 1. The zero-order valence-corrected chi connectivity index (χ0v) is 65.6. The van der Waals surface area contributed by atoms with Gasteiger partial charge in [0.15, 0.2) is 0 Å². The number of terminal acetylenes is 1. The molecule has 15 heteroatoms. The number of aliphatic hydroxyl groups is 1. The second kappa shape index (κ2) is 58.2. The Balaban J connectivity index is -0.000000229. The van der Waals surface area contributed by atoms with Crippen molar-refractivity contribution in [2.45, 2.75) is 294 Å². The van der Waals surface area contributed by atoms with Gasteiger partial charge in [-0.1, -0.05) is 191 Å². The zero-order chi connectivity index (χ0) is 73.9. The Morgan fingerprint density at radius 2 is 0.925 bits per heavy atom. The smallest absolute Gasteiger partial charge is 0.256 e. The number of carbonyl (C=O) groups excluding carboxylic acids is 9. The van der Waals surface area contributed by atoms with Crippen LogP contribution in [0.4, 0.5) is 0 Å². The number of nitrogens with zero attached hydrogens (tertiary/aromatic N) is 1. The molecule has 0 aromatic heterocycles. The number of hydrogen-bond acceptors (Lipinski definition) is 13. The van der Waals surface area contributed by atoms with Crippen LogP contribution in [0, 0.1) is 113 Å². The predicted molar refractivity (Wildman–Crippen MR) is 389 cm³/mol. The van der Waals surface area contributed by atoms with Gasteiger partial charge in [0.1, 0.15) is 46.3 Å². The van der Waals surface area contributed by atoms with E-state index in [0.29, 0.717) is 110 Å². The van der Waals surface area contributed by atoms with Gasteiger partial charge in [-0.2, -0.15) is 4.36 Å². The van der Waals surface area contributed by atoms with Crippen LogP contribution in [0.3, 0.4) is 0 Å². The highest BCUT2D eigenvalue weighted by Gasteiger charge is 2.27. The van der Waals surface area contributed by atoms with Crippen LogP contribution in [-0.4, -0.2) is 107 Å². The summed E-state index contributed by atoms with van der Waals surface area (Å²) in [7, 11) is -0.580. The minimum absolute atomic E-state index is 0.0948. The van der Waals surface area contributed by atoms with Gasteiger partial charge in [0.2, 0.25) is 0 Å². The van der Waals surface area contributed by atoms with Gasteiger partial charge in [-0.3, -0.25) is 43.2 Å². The fourth-order valence-electron chi connectivity index (χ4n) is 7.93. The van der Waals surface area contributed by atoms with E-state index in [1.165, 1.54) is 51.0 Å². The maximum Gasteiger partial charge on any atom is 0.256 e. The second-order valence-corrected chi connectivity index (χ2v) is 32.2. The quantitative estimate of drug-likeness (QED) is 0.0689. The number of methoxy groups -OCH3 is 1. The second-order valence-electron chi connectivity index (χ2n) is 29.6. The average molecular weight is 1340 g/mol. The molecule has 2 saturated carbocycles. The fraction of sp³-hybridized carbons (Fsp3) is 0.833. The van der Waals surface area contributed by atoms with Gasteiger partial charge in [0.05, 0.1) is 18.8 Å². The molecule has 3 rings (SSSR count). The Hall–Kier alpha value is -4.02. The van der Waals surface area contributed by atoms with Gasteiger partial charge < -0.3 is 14.6 Å². The lowest BCUT2D eigenvalue weighted by Crippen LogP contribution is -2.30. The molecular weight excluding hydrogens is 1190 g/mol. The van der Waals surface area contributed by atoms with Crippen molar-refractivity contribution in [1.82, 2.24) is 0 Å². The van der Waals surface area contributed by atoms with Gasteiger partial charge in [0, 0.05) is 159 Å². The summed E-state index contributed by atoms with van der Waals surface area (Å²) in [6.45, 7) is 50.6. The molecule has 4 atom stereocenters. The van der Waals surface area contributed by atoms with E-state index < -0.39 is 15.3 Å². The molecule has 14 nitrogen and oxygen atoms in total. The normalized spacial score (nSPS) is 15.5. The summed E-state index contributed by atoms with van der Waals surface area (Å²) >= 11 is 0. The Bertz CT molecular complexity index is 2230. The maximum atomic E-state index is 11.4. The summed E-state index contributed by atoms with van der Waals surface area (Å²) in [6.07, 6.45) is 24.1. The fourth-order valence-corrected chi connectivity index (χ4v) is 8.57. The van der Waals surface area contributed by atoms with Crippen LogP contribution >= 0.6 is 0 Å². The van der Waals surface area contributed by atoms with Gasteiger partial charge >= 0.3 is 0 Å². The van der Waals surface area contributed by atoms with Crippen molar-refractivity contribution in [2.24, 2.45) is 93.1 Å². The number of carbonyl (C=O) groups is 9. The summed E-state index contributed by atoms with van der Waals surface area (Å²) in [5, 5.41) is 9.30. The van der Waals surface area contributed by atoms with Crippen LogP contribution in [0.15, 0.2) is 4.36 Å². The minimum Gasteiger partial charge on any atom is -0.390 e. The summed E-state index contributed by atoms with van der Waals surface area (Å²) < 4.78 is 24.3. The molecule has 2 aliphatic carbocycles. The number of Topliss-reactive ketones (excluding diaryl/α,β-unsaturated/α-hetero) is 8. The molecule has 1 saturated heterocycles. The van der Waals surface area contributed by atoms with Crippen molar-refractivity contribution in [2.75, 3.05) is 39.4 Å². The number of rotatable bonds is 29. The lowest BCUT2D eigenvalue weighted by Gasteiger charge is -2.25. The lowest BCUT2D eigenvalue weighted by molar-refractivity contribution is -0.127. The van der Waals surface area contributed by atoms with E-state index in [1.807, 2.05) is 118 Å². The molecule has 0 radical (unpaired) electrons. The third kappa shape index (κ3) is 66.4. The highest BCUT2D eigenvalue weighted by Crippen LogP contribution is 2.34. The molecule has 3 aliphatic rings. The first-order valence-corrected chi connectivity index (χ1v) is 37.6. The zero-order valence-electron chi connectivity index (χ0n) is 64.8. The summed E-state index contributed by atoms with van der Waals surface area (Å²) in [4.78, 5) is 99.6. The van der Waals surface area contributed by atoms with Crippen molar-refractivity contribution in [3.05, 3.63) is 0 Å². The van der Waals surface area contributed by atoms with Gasteiger partial charge in [0.25, 0.3) is 5.91 Å². The van der Waals surface area contributed by atoms with Crippen LogP contribution in [0.25, 0.3) is 0 Å². The molecule has 0 spiro atoms. The van der Waals surface area contributed by atoms with Crippen molar-refractivity contribution in [3.63, 3.8) is 0 Å². The van der Waals surface area contributed by atoms with Crippen molar-refractivity contribution in [1.29, 1.82) is 0 Å². The highest BCUT2D eigenvalue weighted by atomic mass is 32.2. The molecule has 0 aromatic rings. The molecule has 1 heterocycles. The molecule has 1 aliphatic heterocycles.